The Morgan fingerprint density at radius 1 is 0.833 bits per heavy atom. The predicted molar refractivity (Wildman–Crippen MR) is 59.2 cm³/mol. The fourth-order valence-corrected chi connectivity index (χ4v) is 1.15. The summed E-state index contributed by atoms with van der Waals surface area (Å²) >= 11 is 0. The lowest BCUT2D eigenvalue weighted by atomic mass is 10.3. The summed E-state index contributed by atoms with van der Waals surface area (Å²) < 4.78 is 14.5. The molecule has 0 aliphatic rings. The molecular formula is C12H11O6. The van der Waals surface area contributed by atoms with Gasteiger partial charge in [-0.3, -0.25) is 14.4 Å². The van der Waals surface area contributed by atoms with E-state index in [4.69, 9.17) is 14.2 Å². The van der Waals surface area contributed by atoms with Crippen molar-refractivity contribution < 1.29 is 28.6 Å². The number of carbonyl (C=O) groups is 3. The maximum absolute atomic E-state index is 11.0. The molecule has 6 nitrogen and oxygen atoms in total. The van der Waals surface area contributed by atoms with Crippen LogP contribution >= 0.6 is 0 Å². The molecule has 0 fully saturated rings. The Bertz CT molecular complexity index is 457. The SMILES string of the molecule is CC(=O)Oc1c[c]cc(OC(C)=O)c1OC(C)=O. The second kappa shape index (κ2) is 5.81. The lowest BCUT2D eigenvalue weighted by molar-refractivity contribution is -0.135. The first kappa shape index (κ1) is 13.7. The van der Waals surface area contributed by atoms with E-state index in [-0.39, 0.29) is 17.2 Å². The molecule has 95 valence electrons. The minimum Gasteiger partial charge on any atom is -0.423 e. The van der Waals surface area contributed by atoms with Crippen LogP contribution in [0.2, 0.25) is 0 Å². The van der Waals surface area contributed by atoms with Gasteiger partial charge < -0.3 is 14.2 Å². The number of hydrogen-bond donors (Lipinski definition) is 0. The van der Waals surface area contributed by atoms with Crippen molar-refractivity contribution in [1.82, 2.24) is 0 Å². The maximum Gasteiger partial charge on any atom is 0.308 e. The molecule has 0 saturated heterocycles. The summed E-state index contributed by atoms with van der Waals surface area (Å²) in [7, 11) is 0. The van der Waals surface area contributed by atoms with Crippen LogP contribution in [0.4, 0.5) is 0 Å². The highest BCUT2D eigenvalue weighted by Crippen LogP contribution is 2.37. The number of benzene rings is 1. The summed E-state index contributed by atoms with van der Waals surface area (Å²) in [6.45, 7) is 3.55. The normalized spacial score (nSPS) is 9.50. The quantitative estimate of drug-likeness (QED) is 0.594. The molecule has 0 amide bonds. The van der Waals surface area contributed by atoms with Crippen LogP contribution in [0.5, 0.6) is 17.2 Å². The second-order valence-corrected chi connectivity index (χ2v) is 3.29. The third-order valence-electron chi connectivity index (χ3n) is 1.63. The van der Waals surface area contributed by atoms with Crippen LogP contribution in [0.3, 0.4) is 0 Å². The van der Waals surface area contributed by atoms with Gasteiger partial charge in [-0.25, -0.2) is 0 Å². The van der Waals surface area contributed by atoms with E-state index in [1.165, 1.54) is 32.9 Å². The van der Waals surface area contributed by atoms with Crippen LogP contribution in [-0.2, 0) is 14.4 Å². The average molecular weight is 251 g/mol. The second-order valence-electron chi connectivity index (χ2n) is 3.29. The van der Waals surface area contributed by atoms with E-state index >= 15 is 0 Å². The van der Waals surface area contributed by atoms with Crippen LogP contribution in [0.25, 0.3) is 0 Å². The van der Waals surface area contributed by atoms with E-state index in [2.05, 4.69) is 6.07 Å². The van der Waals surface area contributed by atoms with Crippen molar-refractivity contribution in [1.29, 1.82) is 0 Å². The monoisotopic (exact) mass is 251 g/mol. The smallest absolute Gasteiger partial charge is 0.308 e. The van der Waals surface area contributed by atoms with Crippen molar-refractivity contribution >= 4 is 17.9 Å². The first-order chi connectivity index (χ1) is 8.40. The third-order valence-corrected chi connectivity index (χ3v) is 1.63. The van der Waals surface area contributed by atoms with Gasteiger partial charge in [-0.05, 0) is 18.2 Å². The summed E-state index contributed by atoms with van der Waals surface area (Å²) in [5, 5.41) is 0. The highest BCUT2D eigenvalue weighted by atomic mass is 16.6. The highest BCUT2D eigenvalue weighted by Gasteiger charge is 2.17. The molecule has 0 spiro atoms. The van der Waals surface area contributed by atoms with Gasteiger partial charge in [-0.15, -0.1) is 0 Å². The van der Waals surface area contributed by atoms with Gasteiger partial charge in [0.2, 0.25) is 5.75 Å². The first-order valence-electron chi connectivity index (χ1n) is 4.99. The Morgan fingerprint density at radius 2 is 1.22 bits per heavy atom. The van der Waals surface area contributed by atoms with Gasteiger partial charge in [0, 0.05) is 20.8 Å². The van der Waals surface area contributed by atoms with Gasteiger partial charge in [-0.1, -0.05) is 0 Å². The zero-order chi connectivity index (χ0) is 13.7. The molecule has 0 aromatic heterocycles. The zero-order valence-electron chi connectivity index (χ0n) is 10.1. The van der Waals surface area contributed by atoms with Crippen LogP contribution in [0.1, 0.15) is 20.8 Å². The minimum atomic E-state index is -0.636. The molecule has 0 aliphatic carbocycles. The van der Waals surface area contributed by atoms with Gasteiger partial charge in [0.15, 0.2) is 11.5 Å². The van der Waals surface area contributed by atoms with Crippen LogP contribution in [-0.4, -0.2) is 17.9 Å². The topological polar surface area (TPSA) is 78.9 Å². The van der Waals surface area contributed by atoms with Gasteiger partial charge in [0.1, 0.15) is 0 Å². The third kappa shape index (κ3) is 3.89. The fourth-order valence-electron chi connectivity index (χ4n) is 1.15. The maximum atomic E-state index is 11.0. The summed E-state index contributed by atoms with van der Waals surface area (Å²) in [6, 6.07) is 5.20. The largest absolute Gasteiger partial charge is 0.423 e. The van der Waals surface area contributed by atoms with Crippen LogP contribution < -0.4 is 14.2 Å². The summed E-state index contributed by atoms with van der Waals surface area (Å²) in [6.07, 6.45) is 0. The lowest BCUT2D eigenvalue weighted by Gasteiger charge is -2.11. The van der Waals surface area contributed by atoms with Crippen LogP contribution in [0.15, 0.2) is 12.1 Å². The Hall–Kier alpha value is -2.37. The Balaban J connectivity index is 3.19. The van der Waals surface area contributed by atoms with E-state index in [0.29, 0.717) is 0 Å². The summed E-state index contributed by atoms with van der Waals surface area (Å²) in [5.41, 5.74) is 0. The molecule has 0 atom stereocenters. The van der Waals surface area contributed by atoms with Crippen molar-refractivity contribution in [2.24, 2.45) is 0 Å². The number of ether oxygens (including phenoxy) is 3. The fraction of sp³-hybridized carbons (Fsp3) is 0.250. The van der Waals surface area contributed by atoms with Crippen molar-refractivity contribution in [2.45, 2.75) is 20.8 Å². The standard InChI is InChI=1S/C12H11O6/c1-7(13)16-10-5-4-6-11(17-8(2)14)12(10)18-9(3)15/h5-6H,1-3H3. The highest BCUT2D eigenvalue weighted by molar-refractivity contribution is 5.77. The zero-order valence-corrected chi connectivity index (χ0v) is 10.1. The van der Waals surface area contributed by atoms with Gasteiger partial charge in [0.05, 0.1) is 0 Å². The van der Waals surface area contributed by atoms with E-state index in [1.54, 1.807) is 0 Å². The molecule has 0 unspecified atom stereocenters. The summed E-state index contributed by atoms with van der Waals surface area (Å²) in [5.74, 6) is -2.06. The van der Waals surface area contributed by atoms with Crippen molar-refractivity contribution in [3.8, 4) is 17.2 Å². The van der Waals surface area contributed by atoms with E-state index in [9.17, 15) is 14.4 Å². The van der Waals surface area contributed by atoms with Gasteiger partial charge in [-0.2, -0.15) is 0 Å². The molecule has 0 bridgehead atoms. The molecule has 0 heterocycles. The Morgan fingerprint density at radius 3 is 1.56 bits per heavy atom. The molecular weight excluding hydrogens is 240 g/mol. The van der Waals surface area contributed by atoms with Gasteiger partial charge in [0.25, 0.3) is 0 Å². The Kier molecular flexibility index (Phi) is 4.42. The number of carbonyl (C=O) groups excluding carboxylic acids is 3. The average Bonchev–Trinajstić information content (AvgIpc) is 2.20. The van der Waals surface area contributed by atoms with Crippen molar-refractivity contribution in [3.05, 3.63) is 18.2 Å². The number of hydrogen-bond acceptors (Lipinski definition) is 6. The Labute approximate surface area is 103 Å². The molecule has 6 heteroatoms. The predicted octanol–water partition coefficient (Wildman–Crippen LogP) is 1.26. The number of esters is 3. The van der Waals surface area contributed by atoms with Crippen molar-refractivity contribution in [2.75, 3.05) is 0 Å². The molecule has 1 rings (SSSR count). The number of rotatable bonds is 3. The summed E-state index contributed by atoms with van der Waals surface area (Å²) in [4.78, 5) is 32.8. The minimum absolute atomic E-state index is 0.0450. The van der Waals surface area contributed by atoms with Gasteiger partial charge >= 0.3 is 17.9 Å². The molecule has 1 aromatic carbocycles. The van der Waals surface area contributed by atoms with E-state index in [1.807, 2.05) is 0 Å². The molecule has 0 N–H and O–H groups in total. The lowest BCUT2D eigenvalue weighted by Crippen LogP contribution is -2.10. The molecule has 1 radical (unpaired) electrons. The molecule has 18 heavy (non-hydrogen) atoms. The molecule has 0 aliphatic heterocycles. The van der Waals surface area contributed by atoms with E-state index < -0.39 is 17.9 Å². The van der Waals surface area contributed by atoms with Crippen LogP contribution in [0, 0.1) is 6.07 Å². The molecule has 0 saturated carbocycles. The van der Waals surface area contributed by atoms with Crippen molar-refractivity contribution in [3.63, 3.8) is 0 Å². The molecule has 1 aromatic rings. The van der Waals surface area contributed by atoms with E-state index in [0.717, 1.165) is 0 Å². The first-order valence-corrected chi connectivity index (χ1v) is 4.99.